The molecule has 2 amide bonds. The van der Waals surface area contributed by atoms with Crippen molar-refractivity contribution in [3.05, 3.63) is 0 Å². The Morgan fingerprint density at radius 2 is 1.57 bits per heavy atom. The highest BCUT2D eigenvalue weighted by atomic mass is 16.2. The lowest BCUT2D eigenvalue weighted by Gasteiger charge is -2.09. The van der Waals surface area contributed by atoms with Crippen molar-refractivity contribution in [2.75, 3.05) is 20.6 Å². The Kier molecular flexibility index (Phi) is 9.40. The molecule has 0 unspecified atom stereocenters. The van der Waals surface area contributed by atoms with Crippen LogP contribution in [-0.4, -0.2) is 37.4 Å². The molecule has 0 saturated carbocycles. The van der Waals surface area contributed by atoms with E-state index in [1.54, 1.807) is 14.1 Å². The quantitative estimate of drug-likeness (QED) is 0.722. The molecule has 0 aliphatic rings. The zero-order chi connectivity index (χ0) is 11.7. The normalized spacial score (nSPS) is 8.79. The van der Waals surface area contributed by atoms with Crippen molar-refractivity contribution in [3.8, 4) is 0 Å². The number of hydrogen-bond donors (Lipinski definition) is 1. The summed E-state index contributed by atoms with van der Waals surface area (Å²) in [7, 11) is 3.29. The first kappa shape index (κ1) is 15.4. The minimum absolute atomic E-state index is 0.0856. The summed E-state index contributed by atoms with van der Waals surface area (Å²) in [6.45, 7) is 7.96. The molecule has 0 bridgehead atoms. The molecule has 0 aromatic heterocycles. The van der Waals surface area contributed by atoms with Crippen molar-refractivity contribution in [1.29, 1.82) is 0 Å². The SMILES string of the molecule is CC(=O)NCC(=O)N(C)C.CC(C)C. The standard InChI is InChI=1S/C6H12N2O2.C4H10/c1-5(9)7-4-6(10)8(2)3;1-4(2)3/h4H2,1-3H3,(H,7,9);4H,1-3H3. The molecule has 0 heterocycles. The summed E-state index contributed by atoms with van der Waals surface area (Å²) >= 11 is 0. The molecular weight excluding hydrogens is 180 g/mol. The minimum Gasteiger partial charge on any atom is -0.347 e. The maximum Gasteiger partial charge on any atom is 0.241 e. The average molecular weight is 202 g/mol. The molecule has 0 saturated heterocycles. The fraction of sp³-hybridized carbons (Fsp3) is 0.800. The van der Waals surface area contributed by atoms with Gasteiger partial charge in [0.05, 0.1) is 6.54 Å². The van der Waals surface area contributed by atoms with Crippen LogP contribution in [0.2, 0.25) is 0 Å². The number of carbonyl (C=O) groups excluding carboxylic acids is 2. The van der Waals surface area contributed by atoms with Crippen LogP contribution in [0.4, 0.5) is 0 Å². The maximum absolute atomic E-state index is 10.8. The monoisotopic (exact) mass is 202 g/mol. The molecule has 0 aromatic carbocycles. The van der Waals surface area contributed by atoms with Gasteiger partial charge in [0.2, 0.25) is 11.8 Å². The average Bonchev–Trinajstić information content (AvgIpc) is 1.98. The minimum atomic E-state index is -0.185. The molecule has 0 atom stereocenters. The van der Waals surface area contributed by atoms with Gasteiger partial charge in [0, 0.05) is 21.0 Å². The van der Waals surface area contributed by atoms with E-state index >= 15 is 0 Å². The third-order valence-electron chi connectivity index (χ3n) is 0.987. The van der Waals surface area contributed by atoms with E-state index in [-0.39, 0.29) is 18.4 Å². The highest BCUT2D eigenvalue weighted by molar-refractivity contribution is 5.83. The molecule has 4 nitrogen and oxygen atoms in total. The Balaban J connectivity index is 0. The Morgan fingerprint density at radius 3 is 1.79 bits per heavy atom. The van der Waals surface area contributed by atoms with Gasteiger partial charge in [-0.15, -0.1) is 0 Å². The van der Waals surface area contributed by atoms with Crippen LogP contribution in [0.25, 0.3) is 0 Å². The zero-order valence-corrected chi connectivity index (χ0v) is 10.0. The summed E-state index contributed by atoms with van der Waals surface area (Å²) < 4.78 is 0. The zero-order valence-electron chi connectivity index (χ0n) is 10.0. The van der Waals surface area contributed by atoms with E-state index in [4.69, 9.17) is 0 Å². The van der Waals surface area contributed by atoms with E-state index in [0.29, 0.717) is 0 Å². The summed E-state index contributed by atoms with van der Waals surface area (Å²) in [5.74, 6) is 0.547. The second kappa shape index (κ2) is 8.53. The van der Waals surface area contributed by atoms with Gasteiger partial charge in [-0.1, -0.05) is 20.8 Å². The molecule has 4 heteroatoms. The lowest BCUT2D eigenvalue weighted by Crippen LogP contribution is -2.35. The molecule has 1 N–H and O–H groups in total. The molecule has 84 valence electrons. The highest BCUT2D eigenvalue weighted by Gasteiger charge is 2.02. The number of hydrogen-bond acceptors (Lipinski definition) is 2. The fourth-order valence-electron chi connectivity index (χ4n) is 0.358. The lowest BCUT2D eigenvalue weighted by molar-refractivity contribution is -0.130. The Hall–Kier alpha value is -1.06. The van der Waals surface area contributed by atoms with Crippen molar-refractivity contribution >= 4 is 11.8 Å². The molecule has 0 fully saturated rings. The first-order chi connectivity index (χ1) is 6.27. The van der Waals surface area contributed by atoms with Gasteiger partial charge < -0.3 is 10.2 Å². The number of carbonyl (C=O) groups is 2. The second-order valence-corrected chi connectivity index (χ2v) is 3.93. The first-order valence-corrected chi connectivity index (χ1v) is 4.72. The summed E-state index contributed by atoms with van der Waals surface area (Å²) in [6, 6.07) is 0. The lowest BCUT2D eigenvalue weighted by atomic mass is 10.3. The largest absolute Gasteiger partial charge is 0.347 e. The van der Waals surface area contributed by atoms with Crippen molar-refractivity contribution in [2.24, 2.45) is 5.92 Å². The van der Waals surface area contributed by atoms with Crippen LogP contribution in [0.3, 0.4) is 0 Å². The molecule has 0 aliphatic carbocycles. The van der Waals surface area contributed by atoms with E-state index in [1.807, 2.05) is 0 Å². The van der Waals surface area contributed by atoms with Crippen molar-refractivity contribution in [3.63, 3.8) is 0 Å². The third kappa shape index (κ3) is 17.1. The Morgan fingerprint density at radius 1 is 1.21 bits per heavy atom. The summed E-state index contributed by atoms with van der Waals surface area (Å²) in [5.41, 5.74) is 0. The predicted octanol–water partition coefficient (Wildman–Crippen LogP) is 0.873. The summed E-state index contributed by atoms with van der Waals surface area (Å²) in [4.78, 5) is 22.5. The number of rotatable bonds is 2. The molecular formula is C10H22N2O2. The molecule has 0 rings (SSSR count). The number of nitrogens with zero attached hydrogens (tertiary/aromatic N) is 1. The van der Waals surface area contributed by atoms with E-state index in [9.17, 15) is 9.59 Å². The number of likely N-dealkylation sites (N-methyl/N-ethyl adjacent to an activating group) is 1. The first-order valence-electron chi connectivity index (χ1n) is 4.72. The molecule has 14 heavy (non-hydrogen) atoms. The Labute approximate surface area is 86.7 Å². The van der Waals surface area contributed by atoms with E-state index in [2.05, 4.69) is 26.1 Å². The van der Waals surface area contributed by atoms with Gasteiger partial charge in [0.15, 0.2) is 0 Å². The van der Waals surface area contributed by atoms with Crippen molar-refractivity contribution in [2.45, 2.75) is 27.7 Å². The van der Waals surface area contributed by atoms with Crippen molar-refractivity contribution in [1.82, 2.24) is 10.2 Å². The van der Waals surface area contributed by atoms with Crippen LogP contribution in [0.1, 0.15) is 27.7 Å². The van der Waals surface area contributed by atoms with E-state index < -0.39 is 0 Å². The predicted molar refractivity (Wildman–Crippen MR) is 57.9 cm³/mol. The van der Waals surface area contributed by atoms with E-state index in [1.165, 1.54) is 11.8 Å². The molecule has 0 spiro atoms. The van der Waals surface area contributed by atoms with Crippen LogP contribution < -0.4 is 5.32 Å². The van der Waals surface area contributed by atoms with Crippen LogP contribution in [0.5, 0.6) is 0 Å². The van der Waals surface area contributed by atoms with Crippen LogP contribution in [0.15, 0.2) is 0 Å². The maximum atomic E-state index is 10.8. The summed E-state index contributed by atoms with van der Waals surface area (Å²) in [5, 5.41) is 2.40. The van der Waals surface area contributed by atoms with Crippen LogP contribution >= 0.6 is 0 Å². The van der Waals surface area contributed by atoms with Gasteiger partial charge in [-0.25, -0.2) is 0 Å². The molecule has 0 aromatic rings. The Bertz CT molecular complexity index is 174. The van der Waals surface area contributed by atoms with Gasteiger partial charge >= 0.3 is 0 Å². The van der Waals surface area contributed by atoms with E-state index in [0.717, 1.165) is 5.92 Å². The smallest absolute Gasteiger partial charge is 0.241 e. The second-order valence-electron chi connectivity index (χ2n) is 3.93. The third-order valence-corrected chi connectivity index (χ3v) is 0.987. The van der Waals surface area contributed by atoms with Gasteiger partial charge in [0.25, 0.3) is 0 Å². The van der Waals surface area contributed by atoms with Gasteiger partial charge in [0.1, 0.15) is 0 Å². The number of nitrogens with one attached hydrogen (secondary N) is 1. The van der Waals surface area contributed by atoms with Gasteiger partial charge in [-0.2, -0.15) is 0 Å². The van der Waals surface area contributed by atoms with Crippen LogP contribution in [-0.2, 0) is 9.59 Å². The van der Waals surface area contributed by atoms with Crippen LogP contribution in [0, 0.1) is 5.92 Å². The van der Waals surface area contributed by atoms with Gasteiger partial charge in [-0.3, -0.25) is 9.59 Å². The van der Waals surface area contributed by atoms with Crippen molar-refractivity contribution < 1.29 is 9.59 Å². The highest BCUT2D eigenvalue weighted by Crippen LogP contribution is 1.81. The topological polar surface area (TPSA) is 49.4 Å². The molecule has 0 radical (unpaired) electrons. The molecule has 0 aliphatic heterocycles. The van der Waals surface area contributed by atoms with Gasteiger partial charge in [-0.05, 0) is 5.92 Å². The summed E-state index contributed by atoms with van der Waals surface area (Å²) in [6.07, 6.45) is 0. The fourth-order valence-corrected chi connectivity index (χ4v) is 0.358. The number of amides is 2.